The normalized spacial score (nSPS) is 16.8. The van der Waals surface area contributed by atoms with Gasteiger partial charge in [-0.2, -0.15) is 4.99 Å². The Kier molecular flexibility index (Phi) is 2.88. The van der Waals surface area contributed by atoms with E-state index in [1.165, 1.54) is 0 Å². The Balaban J connectivity index is 2.55. The smallest absolute Gasteiger partial charge is 0.211 e. The van der Waals surface area contributed by atoms with Gasteiger partial charge in [-0.15, -0.1) is 0 Å². The minimum atomic E-state index is -0.414. The molecule has 0 saturated heterocycles. The Bertz CT molecular complexity index is 497. The van der Waals surface area contributed by atoms with Crippen LogP contribution in [0.15, 0.2) is 17.1 Å². The van der Waals surface area contributed by atoms with E-state index in [1.807, 2.05) is 26.8 Å². The lowest BCUT2D eigenvalue weighted by Crippen LogP contribution is -2.08. The fourth-order valence-corrected chi connectivity index (χ4v) is 2.28. The van der Waals surface area contributed by atoms with Crippen molar-refractivity contribution < 1.29 is 9.18 Å². The summed E-state index contributed by atoms with van der Waals surface area (Å²) in [6, 6.07) is 3.41. The summed E-state index contributed by atoms with van der Waals surface area (Å²) in [4.78, 5) is 14.4. The first-order valence-electron chi connectivity index (χ1n) is 5.90. The van der Waals surface area contributed by atoms with Gasteiger partial charge in [0.2, 0.25) is 6.08 Å². The van der Waals surface area contributed by atoms with Crippen LogP contribution in [0.25, 0.3) is 0 Å². The second-order valence-corrected chi connectivity index (χ2v) is 5.08. The Labute approximate surface area is 101 Å². The van der Waals surface area contributed by atoms with Gasteiger partial charge in [0.25, 0.3) is 0 Å². The van der Waals surface area contributed by atoms with Crippen molar-refractivity contribution in [2.24, 2.45) is 4.99 Å². The molecule has 0 bridgehead atoms. The predicted octanol–water partition coefficient (Wildman–Crippen LogP) is 3.58. The number of benzene rings is 1. The van der Waals surface area contributed by atoms with Crippen LogP contribution in [0.1, 0.15) is 49.3 Å². The molecule has 1 fully saturated rings. The molecule has 1 aliphatic carbocycles. The zero-order chi connectivity index (χ0) is 12.6. The fraction of sp³-hybridized carbons (Fsp3) is 0.500. The average molecular weight is 233 g/mol. The number of aryl methyl sites for hydroxylation is 1. The van der Waals surface area contributed by atoms with Crippen LogP contribution in [-0.4, -0.2) is 6.08 Å². The number of carbonyl (C=O) groups excluding carboxylic acids is 1. The van der Waals surface area contributed by atoms with Crippen molar-refractivity contribution in [3.05, 3.63) is 34.6 Å². The number of nitrogens with zero attached hydrogens (tertiary/aromatic N) is 1. The van der Waals surface area contributed by atoms with Gasteiger partial charge in [-0.25, -0.2) is 9.18 Å². The third-order valence-electron chi connectivity index (χ3n) is 3.45. The Hall–Kier alpha value is -1.47. The highest BCUT2D eigenvalue weighted by molar-refractivity contribution is 5.46. The van der Waals surface area contributed by atoms with E-state index in [1.54, 1.807) is 12.1 Å². The number of aliphatic imine (C=N–C) groups is 1. The van der Waals surface area contributed by atoms with E-state index in [2.05, 4.69) is 4.99 Å². The molecule has 0 atom stereocenters. The zero-order valence-corrected chi connectivity index (χ0v) is 10.4. The number of hydrogen-bond acceptors (Lipinski definition) is 2. The van der Waals surface area contributed by atoms with Crippen LogP contribution in [0.3, 0.4) is 0 Å². The molecule has 2 rings (SSSR count). The van der Waals surface area contributed by atoms with Gasteiger partial charge in [0.1, 0.15) is 5.82 Å². The van der Waals surface area contributed by atoms with Crippen molar-refractivity contribution in [3.63, 3.8) is 0 Å². The van der Waals surface area contributed by atoms with Gasteiger partial charge in [-0.3, -0.25) is 0 Å². The maximum atomic E-state index is 13.8. The number of halogens is 1. The molecule has 0 aromatic heterocycles. The monoisotopic (exact) mass is 233 g/mol. The standard InChI is InChI=1S/C14H16FNO/c1-9(2)11-7-12(10(3)6-13(11)15)14(4-5-14)16-8-17/h6-7,9H,4-5H2,1-3H3. The molecule has 0 heterocycles. The summed E-state index contributed by atoms with van der Waals surface area (Å²) < 4.78 is 13.8. The summed E-state index contributed by atoms with van der Waals surface area (Å²) in [5, 5.41) is 0. The molecule has 17 heavy (non-hydrogen) atoms. The maximum Gasteiger partial charge on any atom is 0.235 e. The van der Waals surface area contributed by atoms with E-state index >= 15 is 0 Å². The first kappa shape index (κ1) is 12.0. The number of isocyanates is 1. The quantitative estimate of drug-likeness (QED) is 0.579. The molecule has 0 aliphatic heterocycles. The van der Waals surface area contributed by atoms with Crippen LogP contribution in [0.2, 0.25) is 0 Å². The fourth-order valence-electron chi connectivity index (χ4n) is 2.28. The lowest BCUT2D eigenvalue weighted by molar-refractivity contribution is 0.555. The lowest BCUT2D eigenvalue weighted by atomic mass is 9.92. The van der Waals surface area contributed by atoms with Crippen LogP contribution in [0.4, 0.5) is 4.39 Å². The molecule has 0 unspecified atom stereocenters. The molecule has 0 N–H and O–H groups in total. The Morgan fingerprint density at radius 3 is 2.53 bits per heavy atom. The Morgan fingerprint density at radius 2 is 2.06 bits per heavy atom. The van der Waals surface area contributed by atoms with Crippen LogP contribution >= 0.6 is 0 Å². The molecule has 1 aromatic rings. The average Bonchev–Trinajstić information content (AvgIpc) is 2.98. The number of hydrogen-bond donors (Lipinski definition) is 0. The van der Waals surface area contributed by atoms with Crippen molar-refractivity contribution >= 4 is 6.08 Å². The van der Waals surface area contributed by atoms with Crippen molar-refractivity contribution in [2.75, 3.05) is 0 Å². The molecule has 0 spiro atoms. The third-order valence-corrected chi connectivity index (χ3v) is 3.45. The summed E-state index contributed by atoms with van der Waals surface area (Å²) >= 11 is 0. The zero-order valence-electron chi connectivity index (χ0n) is 10.4. The van der Waals surface area contributed by atoms with Gasteiger partial charge in [0.15, 0.2) is 0 Å². The van der Waals surface area contributed by atoms with Crippen LogP contribution < -0.4 is 0 Å². The molecule has 1 aliphatic rings. The van der Waals surface area contributed by atoms with E-state index in [-0.39, 0.29) is 11.7 Å². The van der Waals surface area contributed by atoms with Crippen LogP contribution in [-0.2, 0) is 10.3 Å². The van der Waals surface area contributed by atoms with E-state index in [4.69, 9.17) is 0 Å². The van der Waals surface area contributed by atoms with Crippen molar-refractivity contribution in [1.29, 1.82) is 0 Å². The minimum absolute atomic E-state index is 0.130. The summed E-state index contributed by atoms with van der Waals surface area (Å²) in [6.45, 7) is 5.78. The predicted molar refractivity (Wildman–Crippen MR) is 64.3 cm³/mol. The molecule has 0 amide bonds. The highest BCUT2D eigenvalue weighted by Crippen LogP contribution is 2.50. The first-order valence-corrected chi connectivity index (χ1v) is 5.90. The third kappa shape index (κ3) is 2.03. The van der Waals surface area contributed by atoms with Crippen molar-refractivity contribution in [3.8, 4) is 0 Å². The topological polar surface area (TPSA) is 29.4 Å². The molecule has 90 valence electrons. The van der Waals surface area contributed by atoms with E-state index < -0.39 is 5.54 Å². The molecule has 0 radical (unpaired) electrons. The second kappa shape index (κ2) is 4.08. The first-order chi connectivity index (χ1) is 8.00. The van der Waals surface area contributed by atoms with Crippen molar-refractivity contribution in [1.82, 2.24) is 0 Å². The summed E-state index contributed by atoms with van der Waals surface area (Å²) in [6.07, 6.45) is 3.35. The van der Waals surface area contributed by atoms with Crippen LogP contribution in [0, 0.1) is 12.7 Å². The summed E-state index contributed by atoms with van der Waals surface area (Å²) in [7, 11) is 0. The summed E-state index contributed by atoms with van der Waals surface area (Å²) in [5.74, 6) is -0.0440. The minimum Gasteiger partial charge on any atom is -0.211 e. The lowest BCUT2D eigenvalue weighted by Gasteiger charge is -2.16. The molecule has 3 heteroatoms. The van der Waals surface area contributed by atoms with E-state index in [9.17, 15) is 9.18 Å². The van der Waals surface area contributed by atoms with Gasteiger partial charge < -0.3 is 0 Å². The van der Waals surface area contributed by atoms with Gasteiger partial charge in [0.05, 0.1) is 5.54 Å². The number of rotatable bonds is 3. The van der Waals surface area contributed by atoms with E-state index in [0.717, 1.165) is 24.0 Å². The molecule has 2 nitrogen and oxygen atoms in total. The van der Waals surface area contributed by atoms with Crippen LogP contribution in [0.5, 0.6) is 0 Å². The molecule has 1 aromatic carbocycles. The SMILES string of the molecule is Cc1cc(F)c(C(C)C)cc1C1(N=C=O)CC1. The molecular formula is C14H16FNO. The van der Waals surface area contributed by atoms with Gasteiger partial charge in [-0.05, 0) is 54.5 Å². The largest absolute Gasteiger partial charge is 0.235 e. The van der Waals surface area contributed by atoms with Gasteiger partial charge in [0, 0.05) is 0 Å². The highest BCUT2D eigenvalue weighted by atomic mass is 19.1. The van der Waals surface area contributed by atoms with Crippen molar-refractivity contribution in [2.45, 2.75) is 45.1 Å². The highest BCUT2D eigenvalue weighted by Gasteiger charge is 2.46. The molecule has 1 saturated carbocycles. The summed E-state index contributed by atoms with van der Waals surface area (Å²) in [5.41, 5.74) is 2.12. The Morgan fingerprint density at radius 1 is 1.41 bits per heavy atom. The maximum absolute atomic E-state index is 13.8. The molecular weight excluding hydrogens is 217 g/mol. The van der Waals surface area contributed by atoms with Gasteiger partial charge >= 0.3 is 0 Å². The van der Waals surface area contributed by atoms with E-state index in [0.29, 0.717) is 5.56 Å². The second-order valence-electron chi connectivity index (χ2n) is 5.08. The van der Waals surface area contributed by atoms with Gasteiger partial charge in [-0.1, -0.05) is 13.8 Å².